The van der Waals surface area contributed by atoms with E-state index in [1.165, 1.54) is 27.7 Å². The van der Waals surface area contributed by atoms with Gasteiger partial charge in [0.05, 0.1) is 29.4 Å². The minimum absolute atomic E-state index is 0.170. The van der Waals surface area contributed by atoms with Gasteiger partial charge in [-0.05, 0) is 39.3 Å². The van der Waals surface area contributed by atoms with Crippen LogP contribution in [-0.4, -0.2) is 151 Å². The zero-order valence-corrected chi connectivity index (χ0v) is 31.6. The Morgan fingerprint density at radius 2 is 1.49 bits per heavy atom. The van der Waals surface area contributed by atoms with Crippen LogP contribution in [0.15, 0.2) is 29.3 Å². The number of amides is 7. The molecule has 4 heterocycles. The van der Waals surface area contributed by atoms with E-state index in [2.05, 4.69) is 36.9 Å². The lowest BCUT2D eigenvalue weighted by Gasteiger charge is -2.31. The van der Waals surface area contributed by atoms with Crippen LogP contribution in [-0.2, 0) is 40.0 Å². The van der Waals surface area contributed by atoms with Crippen LogP contribution in [0.3, 0.4) is 0 Å². The quantitative estimate of drug-likeness (QED) is 0.143. The van der Waals surface area contributed by atoms with Crippen molar-refractivity contribution in [1.82, 2.24) is 41.8 Å². The number of para-hydroxylation sites is 1. The highest BCUT2D eigenvalue weighted by Crippen LogP contribution is 2.32. The summed E-state index contributed by atoms with van der Waals surface area (Å²) >= 11 is 1.08. The van der Waals surface area contributed by atoms with Gasteiger partial charge < -0.3 is 62.2 Å². The molecule has 55 heavy (non-hydrogen) atoms. The molecule has 3 aliphatic heterocycles. The van der Waals surface area contributed by atoms with Crippen LogP contribution in [0.5, 0.6) is 0 Å². The first-order valence-corrected chi connectivity index (χ1v) is 18.9. The second kappa shape index (κ2) is 16.9. The molecule has 0 spiro atoms. The van der Waals surface area contributed by atoms with Crippen molar-refractivity contribution in [2.45, 2.75) is 112 Å². The fourth-order valence-corrected chi connectivity index (χ4v) is 7.85. The van der Waals surface area contributed by atoms with Crippen LogP contribution >= 0.6 is 11.8 Å². The molecular weight excluding hydrogens is 740 g/mol. The van der Waals surface area contributed by atoms with Crippen molar-refractivity contribution in [2.24, 2.45) is 0 Å². The fraction of sp³-hybridized carbons (Fsp3) is 0.571. The molecule has 0 aliphatic carbocycles. The molecule has 5 rings (SSSR count). The third-order valence-electron chi connectivity index (χ3n) is 9.87. The lowest BCUT2D eigenvalue weighted by atomic mass is 9.96. The van der Waals surface area contributed by atoms with E-state index >= 15 is 0 Å². The van der Waals surface area contributed by atoms with Crippen LogP contribution in [0.2, 0.25) is 0 Å². The molecule has 2 aromatic rings. The Balaban J connectivity index is 1.69. The van der Waals surface area contributed by atoms with Gasteiger partial charge >= 0.3 is 0 Å². The molecule has 300 valence electrons. The summed E-state index contributed by atoms with van der Waals surface area (Å²) in [7, 11) is 0. The number of H-pyrrole nitrogens is 1. The molecule has 2 bridgehead atoms. The maximum Gasteiger partial charge on any atom is 0.246 e. The van der Waals surface area contributed by atoms with E-state index in [-0.39, 0.29) is 25.1 Å². The normalized spacial score (nSPS) is 30.8. The number of fused-ring (bicyclic) bond motifs is 5. The molecule has 0 saturated carbocycles. The molecular formula is C35H48N8O11S. The maximum absolute atomic E-state index is 14.3. The standard InChI is InChI=1S/C35H48N8O11S/c1-15-27(47)38-22-10-20-19-7-5-6-8-21(19)41-33(20)55-13-24(34(53)43-12-18(46)9-25(43)31(51)37-15)40-32(52)26(17(3)45)42-28(48)16(2)36-30(50)23(39-29(22)49)11-35(4,54)14-44/h5-8,15-18,22-26,41,44-46,54H,9-14H2,1-4H3,(H,36,50)(H,37,51)(H,38,47)(H,39,49)(H,40,52)(H,42,48)/t15-,16+,17-,18+,22-,23+,24+,25+,26+,35+/m0/s1. The van der Waals surface area contributed by atoms with Gasteiger partial charge in [-0.2, -0.15) is 0 Å². The van der Waals surface area contributed by atoms with Crippen molar-refractivity contribution >= 4 is 64.0 Å². The predicted octanol–water partition coefficient (Wildman–Crippen LogP) is -3.75. The van der Waals surface area contributed by atoms with E-state index in [4.69, 9.17) is 0 Å². The highest BCUT2D eigenvalue weighted by Gasteiger charge is 2.44. The molecule has 1 aromatic carbocycles. The number of aliphatic hydroxyl groups is 4. The Bertz CT molecular complexity index is 1840. The average Bonchev–Trinajstić information content (AvgIpc) is 3.69. The smallest absolute Gasteiger partial charge is 0.246 e. The molecule has 1 fully saturated rings. The summed E-state index contributed by atoms with van der Waals surface area (Å²) in [6.07, 6.45) is -3.53. The molecule has 0 radical (unpaired) electrons. The maximum atomic E-state index is 14.3. The van der Waals surface area contributed by atoms with E-state index in [9.17, 15) is 54.0 Å². The van der Waals surface area contributed by atoms with E-state index in [1.807, 2.05) is 0 Å². The zero-order valence-electron chi connectivity index (χ0n) is 30.8. The number of carbonyl (C=O) groups is 7. The Hall–Kier alpha value is -4.76. The molecule has 3 aliphatic rings. The Morgan fingerprint density at radius 1 is 0.855 bits per heavy atom. The molecule has 10 atom stereocenters. The first-order chi connectivity index (χ1) is 25.9. The third-order valence-corrected chi connectivity index (χ3v) is 11.0. The number of benzene rings is 1. The number of aromatic amines is 1. The fourth-order valence-electron chi connectivity index (χ4n) is 6.74. The zero-order chi connectivity index (χ0) is 40.4. The molecule has 19 nitrogen and oxygen atoms in total. The van der Waals surface area contributed by atoms with Gasteiger partial charge in [0.15, 0.2) is 0 Å². The average molecular weight is 789 g/mol. The third kappa shape index (κ3) is 9.55. The topological polar surface area (TPSA) is 292 Å². The summed E-state index contributed by atoms with van der Waals surface area (Å²) in [4.78, 5) is 101. The minimum Gasteiger partial charge on any atom is -0.393 e. The number of thioether (sulfide) groups is 1. The highest BCUT2D eigenvalue weighted by atomic mass is 32.2. The summed E-state index contributed by atoms with van der Waals surface area (Å²) in [6.45, 7) is 4.02. The first kappa shape index (κ1) is 41.4. The van der Waals surface area contributed by atoms with Crippen LogP contribution < -0.4 is 31.9 Å². The SMILES string of the molecule is C[C@@H]1NC(=O)[C@H]2C[C@@H](O)CN2C(=O)[C@H]2CSc3[nH]c4ccccc4c3C[C@H](NC1=O)C(=O)N[C@H](C[C@@](C)(O)CO)C(=O)N[C@H](C)C(=O)N[C@H]([C@H](C)O)C(=O)N2. The number of hydrogen-bond donors (Lipinski definition) is 11. The number of aliphatic hydroxyl groups excluding tert-OH is 3. The molecule has 1 aromatic heterocycles. The van der Waals surface area contributed by atoms with Crippen molar-refractivity contribution in [3.05, 3.63) is 29.8 Å². The lowest BCUT2D eigenvalue weighted by Crippen LogP contribution is -2.61. The lowest BCUT2D eigenvalue weighted by molar-refractivity contribution is -0.142. The highest BCUT2D eigenvalue weighted by molar-refractivity contribution is 7.99. The van der Waals surface area contributed by atoms with E-state index in [0.717, 1.165) is 16.7 Å². The van der Waals surface area contributed by atoms with Crippen molar-refractivity contribution < 1.29 is 54.0 Å². The molecule has 11 N–H and O–H groups in total. The van der Waals surface area contributed by atoms with Gasteiger partial charge in [-0.15, -0.1) is 11.8 Å². The predicted molar refractivity (Wildman–Crippen MR) is 196 cm³/mol. The van der Waals surface area contributed by atoms with Gasteiger partial charge in [0, 0.05) is 42.5 Å². The van der Waals surface area contributed by atoms with Gasteiger partial charge in [0.1, 0.15) is 42.3 Å². The van der Waals surface area contributed by atoms with E-state index in [0.29, 0.717) is 21.5 Å². The monoisotopic (exact) mass is 788 g/mol. The molecule has 1 saturated heterocycles. The van der Waals surface area contributed by atoms with Crippen molar-refractivity contribution in [1.29, 1.82) is 0 Å². The minimum atomic E-state index is -1.90. The number of carbonyl (C=O) groups excluding carboxylic acids is 7. The summed E-state index contributed by atoms with van der Waals surface area (Å²) in [6, 6.07) is -2.86. The largest absolute Gasteiger partial charge is 0.393 e. The second-order valence-corrected chi connectivity index (χ2v) is 15.6. The van der Waals surface area contributed by atoms with Crippen LogP contribution in [0.1, 0.15) is 46.1 Å². The second-order valence-electron chi connectivity index (χ2n) is 14.6. The summed E-state index contributed by atoms with van der Waals surface area (Å²) in [5.41, 5.74) is -0.741. The number of nitrogens with one attached hydrogen (secondary N) is 7. The van der Waals surface area contributed by atoms with Gasteiger partial charge in [-0.1, -0.05) is 18.2 Å². The molecule has 20 heteroatoms. The Morgan fingerprint density at radius 3 is 2.16 bits per heavy atom. The van der Waals surface area contributed by atoms with Crippen LogP contribution in [0, 0.1) is 0 Å². The van der Waals surface area contributed by atoms with E-state index < -0.39 is 114 Å². The first-order valence-electron chi connectivity index (χ1n) is 17.9. The van der Waals surface area contributed by atoms with Gasteiger partial charge in [-0.3, -0.25) is 33.6 Å². The summed E-state index contributed by atoms with van der Waals surface area (Å²) in [5, 5.41) is 58.1. The van der Waals surface area contributed by atoms with Crippen LogP contribution in [0.25, 0.3) is 10.9 Å². The Kier molecular flexibility index (Phi) is 12.8. The molecule has 7 amide bonds. The van der Waals surface area contributed by atoms with Crippen LogP contribution in [0.4, 0.5) is 0 Å². The molecule has 0 unspecified atom stereocenters. The van der Waals surface area contributed by atoms with Gasteiger partial charge in [0.25, 0.3) is 0 Å². The van der Waals surface area contributed by atoms with Crippen molar-refractivity contribution in [2.75, 3.05) is 18.9 Å². The number of aromatic nitrogens is 1. The summed E-state index contributed by atoms with van der Waals surface area (Å²) < 4.78 is 0. The van der Waals surface area contributed by atoms with Gasteiger partial charge in [0.2, 0.25) is 41.4 Å². The number of hydrogen-bond acceptors (Lipinski definition) is 12. The Labute approximate surface area is 320 Å². The van der Waals surface area contributed by atoms with E-state index in [1.54, 1.807) is 24.3 Å². The number of rotatable bonds is 4. The number of nitrogens with zero attached hydrogens (tertiary/aromatic N) is 1. The van der Waals surface area contributed by atoms with Crippen molar-refractivity contribution in [3.8, 4) is 0 Å². The summed E-state index contributed by atoms with van der Waals surface area (Å²) in [5.74, 6) is -6.26. The van der Waals surface area contributed by atoms with Crippen molar-refractivity contribution in [3.63, 3.8) is 0 Å². The van der Waals surface area contributed by atoms with Gasteiger partial charge in [-0.25, -0.2) is 0 Å².